The lowest BCUT2D eigenvalue weighted by atomic mass is 10.1. The maximum atomic E-state index is 11.5. The highest BCUT2D eigenvalue weighted by Crippen LogP contribution is 2.30. The van der Waals surface area contributed by atoms with E-state index in [1.54, 1.807) is 31.3 Å². The minimum Gasteiger partial charge on any atom is -0.256 e. The van der Waals surface area contributed by atoms with Crippen molar-refractivity contribution >= 4 is 30.6 Å². The van der Waals surface area contributed by atoms with Crippen LogP contribution in [0.15, 0.2) is 29.3 Å². The molecule has 0 saturated heterocycles. The molecule has 3 nitrogen and oxygen atoms in total. The molecule has 0 spiro atoms. The average molecular weight is 256 g/mol. The van der Waals surface area contributed by atoms with Gasteiger partial charge in [-0.25, -0.2) is 8.42 Å². The van der Waals surface area contributed by atoms with Gasteiger partial charge in [-0.3, -0.25) is 4.98 Å². The number of hydrogen-bond acceptors (Lipinski definition) is 3. The summed E-state index contributed by atoms with van der Waals surface area (Å²) in [5.41, 5.74) is 2.26. The van der Waals surface area contributed by atoms with Gasteiger partial charge in [0.15, 0.2) is 0 Å². The highest BCUT2D eigenvalue weighted by atomic mass is 35.7. The topological polar surface area (TPSA) is 47.0 Å². The monoisotopic (exact) mass is 255 g/mol. The molecule has 0 aliphatic heterocycles. The highest BCUT2D eigenvalue weighted by Gasteiger charge is 2.18. The lowest BCUT2D eigenvalue weighted by Crippen LogP contribution is -1.98. The van der Waals surface area contributed by atoms with Gasteiger partial charge in [0.1, 0.15) is 0 Å². The summed E-state index contributed by atoms with van der Waals surface area (Å²) < 4.78 is 23.0. The second kappa shape index (κ2) is 3.71. The molecule has 16 heavy (non-hydrogen) atoms. The van der Waals surface area contributed by atoms with Crippen LogP contribution in [0.3, 0.4) is 0 Å². The fourth-order valence-corrected chi connectivity index (χ4v) is 3.38. The minimum atomic E-state index is -3.74. The number of fused-ring (bicyclic) bond motifs is 1. The van der Waals surface area contributed by atoms with Gasteiger partial charge >= 0.3 is 0 Å². The third-order valence-electron chi connectivity index (χ3n) is 2.46. The minimum absolute atomic E-state index is 0.155. The van der Waals surface area contributed by atoms with Crippen molar-refractivity contribution in [3.8, 4) is 0 Å². The standard InChI is InChI=1S/C11H10ClNO2S/c1-7-6-8(2)11(16(12,14)15)9-4-3-5-13-10(7)9/h3-6H,1-2H3. The first-order valence-electron chi connectivity index (χ1n) is 4.71. The van der Waals surface area contributed by atoms with Gasteiger partial charge < -0.3 is 0 Å². The van der Waals surface area contributed by atoms with Gasteiger partial charge in [0.05, 0.1) is 10.4 Å². The molecule has 0 bridgehead atoms. The van der Waals surface area contributed by atoms with Crippen LogP contribution in [0.25, 0.3) is 10.9 Å². The molecule has 0 N–H and O–H groups in total. The number of nitrogens with zero attached hydrogens (tertiary/aromatic N) is 1. The van der Waals surface area contributed by atoms with Crippen LogP contribution in [0.1, 0.15) is 11.1 Å². The first-order chi connectivity index (χ1) is 7.41. The van der Waals surface area contributed by atoms with Crippen LogP contribution in [0.2, 0.25) is 0 Å². The molecule has 0 unspecified atom stereocenters. The summed E-state index contributed by atoms with van der Waals surface area (Å²) in [6.07, 6.45) is 1.63. The zero-order valence-corrected chi connectivity index (χ0v) is 10.4. The van der Waals surface area contributed by atoms with Crippen molar-refractivity contribution in [3.63, 3.8) is 0 Å². The van der Waals surface area contributed by atoms with Crippen LogP contribution in [0.4, 0.5) is 0 Å². The molecule has 0 saturated carbocycles. The van der Waals surface area contributed by atoms with Gasteiger partial charge in [-0.2, -0.15) is 0 Å². The predicted octanol–water partition coefficient (Wildman–Crippen LogP) is 2.78. The lowest BCUT2D eigenvalue weighted by Gasteiger charge is -2.08. The Balaban J connectivity index is 3.05. The van der Waals surface area contributed by atoms with Crippen molar-refractivity contribution in [1.82, 2.24) is 4.98 Å². The Morgan fingerprint density at radius 2 is 1.94 bits per heavy atom. The van der Waals surface area contributed by atoms with E-state index in [-0.39, 0.29) is 4.90 Å². The highest BCUT2D eigenvalue weighted by molar-refractivity contribution is 8.14. The van der Waals surface area contributed by atoms with Crippen molar-refractivity contribution < 1.29 is 8.42 Å². The predicted molar refractivity (Wildman–Crippen MR) is 64.3 cm³/mol. The molecule has 0 aliphatic carbocycles. The zero-order valence-electron chi connectivity index (χ0n) is 8.86. The number of aryl methyl sites for hydroxylation is 2. The fourth-order valence-electron chi connectivity index (χ4n) is 1.90. The van der Waals surface area contributed by atoms with E-state index in [0.29, 0.717) is 16.5 Å². The van der Waals surface area contributed by atoms with Crippen molar-refractivity contribution in [1.29, 1.82) is 0 Å². The molecule has 0 fully saturated rings. The van der Waals surface area contributed by atoms with E-state index in [1.807, 2.05) is 6.92 Å². The summed E-state index contributed by atoms with van der Waals surface area (Å²) >= 11 is 0. The third-order valence-corrected chi connectivity index (χ3v) is 3.95. The van der Waals surface area contributed by atoms with Crippen LogP contribution in [0, 0.1) is 13.8 Å². The van der Waals surface area contributed by atoms with Crippen LogP contribution < -0.4 is 0 Å². The molecule has 0 radical (unpaired) electrons. The van der Waals surface area contributed by atoms with E-state index in [2.05, 4.69) is 4.98 Å². The summed E-state index contributed by atoms with van der Waals surface area (Å²) in [4.78, 5) is 4.33. The van der Waals surface area contributed by atoms with Crippen LogP contribution >= 0.6 is 10.7 Å². The largest absolute Gasteiger partial charge is 0.262 e. The number of rotatable bonds is 1. The molecule has 0 aliphatic rings. The van der Waals surface area contributed by atoms with Gasteiger partial charge in [0.25, 0.3) is 9.05 Å². The van der Waals surface area contributed by atoms with Crippen LogP contribution in [-0.2, 0) is 9.05 Å². The summed E-state index contributed by atoms with van der Waals surface area (Å²) in [5.74, 6) is 0. The molecule has 2 aromatic rings. The maximum Gasteiger partial charge on any atom is 0.262 e. The Morgan fingerprint density at radius 1 is 1.25 bits per heavy atom. The second-order valence-corrected chi connectivity index (χ2v) is 6.18. The molecule has 1 aromatic carbocycles. The first-order valence-corrected chi connectivity index (χ1v) is 7.02. The van der Waals surface area contributed by atoms with E-state index >= 15 is 0 Å². The molecular weight excluding hydrogens is 246 g/mol. The second-order valence-electron chi connectivity index (χ2n) is 3.68. The maximum absolute atomic E-state index is 11.5. The fraction of sp³-hybridized carbons (Fsp3) is 0.182. The number of aromatic nitrogens is 1. The number of halogens is 1. The van der Waals surface area contributed by atoms with Gasteiger partial charge in [-0.15, -0.1) is 0 Å². The number of benzene rings is 1. The molecule has 84 valence electrons. The summed E-state index contributed by atoms with van der Waals surface area (Å²) in [6, 6.07) is 5.20. The van der Waals surface area contributed by atoms with Crippen molar-refractivity contribution in [2.45, 2.75) is 18.7 Å². The Kier molecular flexibility index (Phi) is 2.64. The molecule has 1 heterocycles. The Hall–Kier alpha value is -1.13. The Labute approximate surface area is 98.5 Å². The van der Waals surface area contributed by atoms with Gasteiger partial charge in [-0.05, 0) is 37.1 Å². The number of pyridine rings is 1. The van der Waals surface area contributed by atoms with Crippen LogP contribution in [0.5, 0.6) is 0 Å². The smallest absolute Gasteiger partial charge is 0.256 e. The van der Waals surface area contributed by atoms with E-state index in [4.69, 9.17) is 10.7 Å². The third kappa shape index (κ3) is 1.79. The van der Waals surface area contributed by atoms with E-state index in [9.17, 15) is 8.42 Å². The molecule has 5 heteroatoms. The number of hydrogen-bond donors (Lipinski definition) is 0. The lowest BCUT2D eigenvalue weighted by molar-refractivity contribution is 0.610. The van der Waals surface area contributed by atoms with Crippen molar-refractivity contribution in [2.75, 3.05) is 0 Å². The summed E-state index contributed by atoms with van der Waals surface area (Å²) in [7, 11) is 1.69. The Bertz CT molecular complexity index is 665. The normalized spacial score (nSPS) is 11.9. The molecule has 1 aromatic heterocycles. The molecule has 0 atom stereocenters. The quantitative estimate of drug-likeness (QED) is 0.736. The van der Waals surface area contributed by atoms with Crippen LogP contribution in [-0.4, -0.2) is 13.4 Å². The van der Waals surface area contributed by atoms with Gasteiger partial charge in [0.2, 0.25) is 0 Å². The van der Waals surface area contributed by atoms with Gasteiger partial charge in [0, 0.05) is 22.3 Å². The SMILES string of the molecule is Cc1cc(C)c2ncccc2c1S(=O)(=O)Cl. The average Bonchev–Trinajstić information content (AvgIpc) is 2.15. The summed E-state index contributed by atoms with van der Waals surface area (Å²) in [6.45, 7) is 3.63. The zero-order chi connectivity index (χ0) is 11.9. The Morgan fingerprint density at radius 3 is 2.56 bits per heavy atom. The summed E-state index contributed by atoms with van der Waals surface area (Å²) in [5, 5.41) is 0.579. The molecular formula is C11H10ClNO2S. The van der Waals surface area contributed by atoms with Gasteiger partial charge in [-0.1, -0.05) is 6.07 Å². The molecule has 2 rings (SSSR count). The molecule has 0 amide bonds. The van der Waals surface area contributed by atoms with Crippen molar-refractivity contribution in [3.05, 3.63) is 35.5 Å². The van der Waals surface area contributed by atoms with E-state index in [0.717, 1.165) is 5.56 Å². The van der Waals surface area contributed by atoms with E-state index < -0.39 is 9.05 Å². The van der Waals surface area contributed by atoms with Crippen molar-refractivity contribution in [2.24, 2.45) is 0 Å². The first kappa shape index (κ1) is 11.4. The van der Waals surface area contributed by atoms with E-state index in [1.165, 1.54) is 0 Å².